The van der Waals surface area contributed by atoms with Crippen LogP contribution in [0.2, 0.25) is 0 Å². The minimum Gasteiger partial charge on any atom is -0.387 e. The second-order valence-electron chi connectivity index (χ2n) is 7.89. The van der Waals surface area contributed by atoms with E-state index in [2.05, 4.69) is 13.8 Å². The number of rotatable bonds is 12. The Morgan fingerprint density at radius 3 is 2.32 bits per heavy atom. The van der Waals surface area contributed by atoms with E-state index in [1.807, 2.05) is 0 Å². The van der Waals surface area contributed by atoms with E-state index >= 15 is 0 Å². The predicted octanol–water partition coefficient (Wildman–Crippen LogP) is 2.40. The summed E-state index contributed by atoms with van der Waals surface area (Å²) in [7, 11) is 0. The Bertz CT molecular complexity index is 403. The summed E-state index contributed by atoms with van der Waals surface area (Å²) in [4.78, 5) is 0. The first-order valence-corrected chi connectivity index (χ1v) is 9.74. The zero-order valence-electron chi connectivity index (χ0n) is 16.3. The molecule has 1 saturated heterocycles. The highest BCUT2D eigenvalue weighted by atomic mass is 16.7. The van der Waals surface area contributed by atoms with Gasteiger partial charge in [0.15, 0.2) is 5.79 Å². The number of ether oxygens (including phenoxy) is 4. The van der Waals surface area contributed by atoms with E-state index in [4.69, 9.17) is 18.9 Å². The molecule has 2 fully saturated rings. The van der Waals surface area contributed by atoms with E-state index in [1.165, 1.54) is 0 Å². The van der Waals surface area contributed by atoms with Crippen molar-refractivity contribution in [2.45, 2.75) is 95.4 Å². The maximum atomic E-state index is 11.0. The van der Waals surface area contributed by atoms with Crippen LogP contribution in [0.15, 0.2) is 0 Å². The fourth-order valence-electron chi connectivity index (χ4n) is 3.43. The van der Waals surface area contributed by atoms with Gasteiger partial charge in [0, 0.05) is 13.2 Å². The molecular weight excluding hydrogens is 324 g/mol. The van der Waals surface area contributed by atoms with Gasteiger partial charge in [-0.2, -0.15) is 0 Å². The van der Waals surface area contributed by atoms with Crippen LogP contribution in [0, 0.1) is 0 Å². The number of hydrogen-bond donors (Lipinski definition) is 2. The smallest absolute Gasteiger partial charge is 0.160 e. The molecule has 0 radical (unpaired) electrons. The van der Waals surface area contributed by atoms with Crippen LogP contribution < -0.4 is 0 Å². The first-order valence-electron chi connectivity index (χ1n) is 9.74. The summed E-state index contributed by atoms with van der Waals surface area (Å²) in [6.07, 6.45) is 4.43. The summed E-state index contributed by atoms with van der Waals surface area (Å²) in [6, 6.07) is 0. The lowest BCUT2D eigenvalue weighted by Gasteiger charge is -2.40. The van der Waals surface area contributed by atoms with E-state index in [9.17, 15) is 10.2 Å². The summed E-state index contributed by atoms with van der Waals surface area (Å²) in [6.45, 7) is 9.18. The van der Waals surface area contributed by atoms with Crippen LogP contribution in [0.5, 0.6) is 0 Å². The molecule has 0 amide bonds. The number of unbranched alkanes of at least 4 members (excludes halogenated alkanes) is 2. The van der Waals surface area contributed by atoms with Crippen molar-refractivity contribution >= 4 is 0 Å². The van der Waals surface area contributed by atoms with E-state index in [0.717, 1.165) is 25.7 Å². The van der Waals surface area contributed by atoms with Gasteiger partial charge >= 0.3 is 0 Å². The predicted molar refractivity (Wildman–Crippen MR) is 94.4 cm³/mol. The first kappa shape index (κ1) is 21.1. The molecular formula is C19H36O6. The second kappa shape index (κ2) is 8.63. The third kappa shape index (κ3) is 5.15. The van der Waals surface area contributed by atoms with Crippen molar-refractivity contribution in [2.75, 3.05) is 26.4 Å². The van der Waals surface area contributed by atoms with Gasteiger partial charge in [0.1, 0.15) is 17.8 Å². The number of aliphatic hydroxyl groups is 2. The normalized spacial score (nSPS) is 31.4. The highest BCUT2D eigenvalue weighted by molar-refractivity contribution is 5.18. The zero-order valence-corrected chi connectivity index (χ0v) is 16.3. The van der Waals surface area contributed by atoms with Crippen molar-refractivity contribution in [3.05, 3.63) is 0 Å². The molecule has 1 unspecified atom stereocenters. The van der Waals surface area contributed by atoms with Gasteiger partial charge in [0.25, 0.3) is 0 Å². The molecule has 0 aromatic heterocycles. The molecule has 0 aromatic rings. The second-order valence-corrected chi connectivity index (χ2v) is 7.89. The van der Waals surface area contributed by atoms with Crippen LogP contribution in [0.3, 0.4) is 0 Å². The molecule has 6 nitrogen and oxygen atoms in total. The van der Waals surface area contributed by atoms with Gasteiger partial charge in [0.05, 0.1) is 18.8 Å². The Labute approximate surface area is 151 Å². The Balaban J connectivity index is 2.15. The lowest BCUT2D eigenvalue weighted by Crippen LogP contribution is -2.59. The quantitative estimate of drug-likeness (QED) is 0.411. The Morgan fingerprint density at radius 2 is 1.76 bits per heavy atom. The molecule has 1 aliphatic carbocycles. The molecule has 2 aliphatic rings. The van der Waals surface area contributed by atoms with Crippen molar-refractivity contribution in [3.63, 3.8) is 0 Å². The monoisotopic (exact) mass is 360 g/mol. The minimum atomic E-state index is -1.29. The van der Waals surface area contributed by atoms with Gasteiger partial charge in [-0.25, -0.2) is 0 Å². The van der Waals surface area contributed by atoms with Crippen molar-refractivity contribution < 1.29 is 29.2 Å². The molecule has 0 bridgehead atoms. The fourth-order valence-corrected chi connectivity index (χ4v) is 3.43. The molecule has 25 heavy (non-hydrogen) atoms. The van der Waals surface area contributed by atoms with E-state index < -0.39 is 29.2 Å². The minimum absolute atomic E-state index is 0.278. The first-order chi connectivity index (χ1) is 11.8. The molecule has 3 atom stereocenters. The largest absolute Gasteiger partial charge is 0.387 e. The van der Waals surface area contributed by atoms with Crippen LogP contribution in [0.4, 0.5) is 0 Å². The van der Waals surface area contributed by atoms with E-state index in [0.29, 0.717) is 26.1 Å². The summed E-state index contributed by atoms with van der Waals surface area (Å²) < 4.78 is 23.9. The van der Waals surface area contributed by atoms with Crippen molar-refractivity contribution in [1.29, 1.82) is 0 Å². The van der Waals surface area contributed by atoms with Crippen molar-refractivity contribution in [2.24, 2.45) is 0 Å². The highest BCUT2D eigenvalue weighted by Gasteiger charge is 2.68. The van der Waals surface area contributed by atoms with Crippen LogP contribution in [0.25, 0.3) is 0 Å². The average molecular weight is 360 g/mol. The molecule has 1 aliphatic heterocycles. The molecule has 148 valence electrons. The Kier molecular flexibility index (Phi) is 7.27. The summed E-state index contributed by atoms with van der Waals surface area (Å²) >= 11 is 0. The van der Waals surface area contributed by atoms with Gasteiger partial charge in [-0.1, -0.05) is 26.7 Å². The van der Waals surface area contributed by atoms with Crippen molar-refractivity contribution in [3.8, 4) is 0 Å². The van der Waals surface area contributed by atoms with Gasteiger partial charge in [-0.3, -0.25) is 0 Å². The van der Waals surface area contributed by atoms with E-state index in [1.54, 1.807) is 13.8 Å². The SMILES string of the molecule is CCCCOC[C@]1(C2(O)CC2)OC[C@@H](OC(C)(C)O)C1OCCCC. The van der Waals surface area contributed by atoms with Crippen molar-refractivity contribution in [1.82, 2.24) is 0 Å². The third-order valence-corrected chi connectivity index (χ3v) is 5.01. The molecule has 0 aromatic carbocycles. The summed E-state index contributed by atoms with van der Waals surface area (Å²) in [5.74, 6) is -1.29. The van der Waals surface area contributed by atoms with Gasteiger partial charge in [0.2, 0.25) is 0 Å². The molecule has 2 rings (SSSR count). The Hall–Kier alpha value is -0.240. The molecule has 2 N–H and O–H groups in total. The van der Waals surface area contributed by atoms with E-state index in [-0.39, 0.29) is 13.2 Å². The van der Waals surface area contributed by atoms with Crippen LogP contribution in [-0.2, 0) is 18.9 Å². The standard InChI is InChI=1S/C19H36O6/c1-5-7-11-22-14-19(18(21)9-10-18)16(23-12-8-6-2)15(13-24-19)25-17(3,4)20/h15-16,20-21H,5-14H2,1-4H3/t15-,16?,19+/m1/s1. The topological polar surface area (TPSA) is 77.4 Å². The van der Waals surface area contributed by atoms with Gasteiger partial charge < -0.3 is 29.2 Å². The van der Waals surface area contributed by atoms with Crippen LogP contribution >= 0.6 is 0 Å². The summed E-state index contributed by atoms with van der Waals surface area (Å²) in [5.41, 5.74) is -1.86. The Morgan fingerprint density at radius 1 is 1.12 bits per heavy atom. The maximum Gasteiger partial charge on any atom is 0.160 e. The van der Waals surface area contributed by atoms with Gasteiger partial charge in [-0.15, -0.1) is 0 Å². The molecule has 6 heteroatoms. The number of hydrogen-bond acceptors (Lipinski definition) is 6. The summed E-state index contributed by atoms with van der Waals surface area (Å²) in [5, 5.41) is 21.1. The molecule has 0 spiro atoms. The molecule has 1 heterocycles. The van der Waals surface area contributed by atoms with Crippen LogP contribution in [0.1, 0.15) is 66.2 Å². The van der Waals surface area contributed by atoms with Crippen LogP contribution in [-0.4, -0.2) is 65.8 Å². The maximum absolute atomic E-state index is 11.0. The lowest BCUT2D eigenvalue weighted by atomic mass is 9.87. The van der Waals surface area contributed by atoms with Gasteiger partial charge in [-0.05, 0) is 39.5 Å². The zero-order chi connectivity index (χ0) is 18.6. The molecule has 1 saturated carbocycles. The highest BCUT2D eigenvalue weighted by Crippen LogP contribution is 2.53. The fraction of sp³-hybridized carbons (Fsp3) is 1.00. The third-order valence-electron chi connectivity index (χ3n) is 5.01. The lowest BCUT2D eigenvalue weighted by molar-refractivity contribution is -0.234. The average Bonchev–Trinajstić information content (AvgIpc) is 3.20.